The highest BCUT2D eigenvalue weighted by molar-refractivity contribution is 6.00. The summed E-state index contributed by atoms with van der Waals surface area (Å²) in [4.78, 5) is 37.1. The molecule has 0 radical (unpaired) electrons. The molecule has 3 aromatic carbocycles. The van der Waals surface area contributed by atoms with E-state index in [2.05, 4.69) is 15.3 Å². The summed E-state index contributed by atoms with van der Waals surface area (Å²) in [7, 11) is 1.58. The van der Waals surface area contributed by atoms with E-state index < -0.39 is 23.7 Å². The fraction of sp³-hybridized carbons (Fsp3) is 0.143. The number of carbonyl (C=O) groups excluding carboxylic acids is 2. The van der Waals surface area contributed by atoms with Crippen LogP contribution in [-0.2, 0) is 11.3 Å². The van der Waals surface area contributed by atoms with Gasteiger partial charge in [0.2, 0.25) is 0 Å². The molecule has 1 heterocycles. The van der Waals surface area contributed by atoms with Crippen LogP contribution in [0.3, 0.4) is 0 Å². The molecule has 0 bridgehead atoms. The minimum Gasteiger partial charge on any atom is -0.497 e. The normalized spacial score (nSPS) is 11.4. The van der Waals surface area contributed by atoms with E-state index in [0.29, 0.717) is 17.0 Å². The van der Waals surface area contributed by atoms with E-state index in [9.17, 15) is 14.0 Å². The molecule has 2 amide bonds. The smallest absolute Gasteiger partial charge is 0.275 e. The number of hydrogen-bond donors (Lipinski definition) is 1. The Labute approximate surface area is 208 Å². The van der Waals surface area contributed by atoms with Gasteiger partial charge in [0.1, 0.15) is 23.3 Å². The van der Waals surface area contributed by atoms with Crippen molar-refractivity contribution in [1.82, 2.24) is 14.9 Å². The Kier molecular flexibility index (Phi) is 7.65. The number of halogens is 1. The van der Waals surface area contributed by atoms with E-state index in [4.69, 9.17) is 4.74 Å². The molecule has 0 aliphatic heterocycles. The third-order valence-corrected chi connectivity index (χ3v) is 5.62. The second-order valence-corrected chi connectivity index (χ2v) is 8.18. The number of rotatable bonds is 8. The van der Waals surface area contributed by atoms with E-state index in [1.807, 2.05) is 43.3 Å². The fourth-order valence-corrected chi connectivity index (χ4v) is 3.73. The maximum absolute atomic E-state index is 13.7. The highest BCUT2D eigenvalue weighted by atomic mass is 19.1. The molecule has 0 saturated heterocycles. The van der Waals surface area contributed by atoms with Gasteiger partial charge >= 0.3 is 0 Å². The molecule has 4 rings (SSSR count). The van der Waals surface area contributed by atoms with Crippen LogP contribution in [0.25, 0.3) is 0 Å². The fourth-order valence-electron chi connectivity index (χ4n) is 3.73. The molecule has 4 aromatic rings. The first-order valence-electron chi connectivity index (χ1n) is 11.3. The van der Waals surface area contributed by atoms with Crippen molar-refractivity contribution in [3.8, 4) is 5.75 Å². The van der Waals surface area contributed by atoms with E-state index in [1.54, 1.807) is 19.2 Å². The van der Waals surface area contributed by atoms with Crippen LogP contribution in [-0.4, -0.2) is 33.8 Å². The van der Waals surface area contributed by atoms with Gasteiger partial charge in [-0.25, -0.2) is 9.37 Å². The summed E-state index contributed by atoms with van der Waals surface area (Å²) in [6, 6.07) is 19.1. The number of amides is 2. The lowest BCUT2D eigenvalue weighted by atomic mass is 10.0. The van der Waals surface area contributed by atoms with Crippen molar-refractivity contribution in [2.75, 3.05) is 12.4 Å². The molecule has 0 unspecified atom stereocenters. The molecule has 1 atom stereocenters. The van der Waals surface area contributed by atoms with Crippen molar-refractivity contribution >= 4 is 17.5 Å². The number of aromatic nitrogens is 2. The Bertz CT molecular complexity index is 1310. The van der Waals surface area contributed by atoms with Gasteiger partial charge in [-0.3, -0.25) is 14.6 Å². The van der Waals surface area contributed by atoms with Crippen molar-refractivity contribution in [2.45, 2.75) is 19.5 Å². The lowest BCUT2D eigenvalue weighted by Gasteiger charge is -2.31. The van der Waals surface area contributed by atoms with Gasteiger partial charge in [0.25, 0.3) is 11.8 Å². The topological polar surface area (TPSA) is 84.4 Å². The summed E-state index contributed by atoms with van der Waals surface area (Å²) in [5, 5.41) is 2.82. The van der Waals surface area contributed by atoms with Crippen LogP contribution in [0.5, 0.6) is 5.75 Å². The van der Waals surface area contributed by atoms with Crippen LogP contribution in [0.2, 0.25) is 0 Å². The quantitative estimate of drug-likeness (QED) is 0.382. The molecular weight excluding hydrogens is 459 g/mol. The van der Waals surface area contributed by atoms with Crippen LogP contribution >= 0.6 is 0 Å². The van der Waals surface area contributed by atoms with Crippen LogP contribution < -0.4 is 10.1 Å². The number of hydrogen-bond acceptors (Lipinski definition) is 5. The minimum absolute atomic E-state index is 0.109. The van der Waals surface area contributed by atoms with Crippen LogP contribution in [0.15, 0.2) is 91.4 Å². The molecule has 1 N–H and O–H groups in total. The minimum atomic E-state index is -1.01. The standard InChI is InChI=1S/C28H25FN4O3/c1-19-3-7-21(8-4-19)26(27(34)32-23-11-9-22(29)10-12-23)33(28(35)25-17-30-15-16-31-25)18-20-5-13-24(36-2)14-6-20/h3-17,26H,18H2,1-2H3,(H,32,34)/t26-/m0/s1. The number of ether oxygens (including phenoxy) is 1. The number of aryl methyl sites for hydroxylation is 1. The molecule has 182 valence electrons. The van der Waals surface area contributed by atoms with Crippen molar-refractivity contribution in [2.24, 2.45) is 0 Å². The van der Waals surface area contributed by atoms with Crippen molar-refractivity contribution in [1.29, 1.82) is 0 Å². The van der Waals surface area contributed by atoms with Crippen molar-refractivity contribution < 1.29 is 18.7 Å². The number of carbonyl (C=O) groups is 2. The number of methoxy groups -OCH3 is 1. The molecule has 1 aromatic heterocycles. The average molecular weight is 485 g/mol. The molecule has 0 aliphatic carbocycles. The van der Waals surface area contributed by atoms with Gasteiger partial charge in [0.15, 0.2) is 0 Å². The molecule has 0 spiro atoms. The molecule has 7 nitrogen and oxygen atoms in total. The van der Waals surface area contributed by atoms with Gasteiger partial charge in [-0.05, 0) is 54.4 Å². The Balaban J connectivity index is 1.77. The summed E-state index contributed by atoms with van der Waals surface area (Å²) in [5.74, 6) is -0.647. The Morgan fingerprint density at radius 3 is 2.28 bits per heavy atom. The summed E-state index contributed by atoms with van der Waals surface area (Å²) < 4.78 is 18.7. The zero-order valence-corrected chi connectivity index (χ0v) is 19.9. The highest BCUT2D eigenvalue weighted by Crippen LogP contribution is 2.28. The van der Waals surface area contributed by atoms with Gasteiger partial charge in [-0.2, -0.15) is 0 Å². The monoisotopic (exact) mass is 484 g/mol. The lowest BCUT2D eigenvalue weighted by molar-refractivity contribution is -0.121. The predicted octanol–water partition coefficient (Wildman–Crippen LogP) is 4.96. The van der Waals surface area contributed by atoms with Crippen molar-refractivity contribution in [3.63, 3.8) is 0 Å². The lowest BCUT2D eigenvalue weighted by Crippen LogP contribution is -2.41. The molecule has 0 fully saturated rings. The average Bonchev–Trinajstić information content (AvgIpc) is 2.91. The molecule has 36 heavy (non-hydrogen) atoms. The maximum Gasteiger partial charge on any atom is 0.275 e. The number of nitrogens with zero attached hydrogens (tertiary/aromatic N) is 3. The first-order chi connectivity index (χ1) is 17.4. The first kappa shape index (κ1) is 24.5. The van der Waals surface area contributed by atoms with Crippen molar-refractivity contribution in [3.05, 3.63) is 120 Å². The van der Waals surface area contributed by atoms with E-state index >= 15 is 0 Å². The summed E-state index contributed by atoms with van der Waals surface area (Å²) in [6.45, 7) is 2.06. The zero-order chi connectivity index (χ0) is 25.5. The third-order valence-electron chi connectivity index (χ3n) is 5.62. The molecular formula is C28H25FN4O3. The summed E-state index contributed by atoms with van der Waals surface area (Å²) in [6.07, 6.45) is 4.27. The Morgan fingerprint density at radius 1 is 0.972 bits per heavy atom. The number of benzene rings is 3. The zero-order valence-electron chi connectivity index (χ0n) is 19.9. The van der Waals surface area contributed by atoms with Gasteiger partial charge in [0.05, 0.1) is 13.3 Å². The van der Waals surface area contributed by atoms with Crippen LogP contribution in [0.4, 0.5) is 10.1 Å². The second-order valence-electron chi connectivity index (χ2n) is 8.18. The highest BCUT2D eigenvalue weighted by Gasteiger charge is 2.33. The number of anilines is 1. The SMILES string of the molecule is COc1ccc(CN(C(=O)c2cnccn2)[C@H](C(=O)Nc2ccc(F)cc2)c2ccc(C)cc2)cc1. The van der Waals surface area contributed by atoms with Gasteiger partial charge < -0.3 is 15.0 Å². The van der Waals surface area contributed by atoms with Crippen LogP contribution in [0.1, 0.15) is 33.2 Å². The van der Waals surface area contributed by atoms with E-state index in [-0.39, 0.29) is 12.2 Å². The number of nitrogens with one attached hydrogen (secondary N) is 1. The van der Waals surface area contributed by atoms with Crippen LogP contribution in [0, 0.1) is 12.7 Å². The Hall–Kier alpha value is -4.59. The summed E-state index contributed by atoms with van der Waals surface area (Å²) >= 11 is 0. The predicted molar refractivity (Wildman–Crippen MR) is 134 cm³/mol. The maximum atomic E-state index is 13.7. The largest absolute Gasteiger partial charge is 0.497 e. The van der Waals surface area contributed by atoms with Gasteiger partial charge in [-0.1, -0.05) is 42.0 Å². The van der Waals surface area contributed by atoms with Gasteiger partial charge in [-0.15, -0.1) is 0 Å². The molecule has 0 aliphatic rings. The summed E-state index contributed by atoms with van der Waals surface area (Å²) in [5.41, 5.74) is 2.94. The van der Waals surface area contributed by atoms with E-state index in [0.717, 1.165) is 11.1 Å². The Morgan fingerprint density at radius 2 is 1.67 bits per heavy atom. The first-order valence-corrected chi connectivity index (χ1v) is 11.3. The second kappa shape index (κ2) is 11.2. The van der Waals surface area contributed by atoms with Gasteiger partial charge in [0, 0.05) is 24.6 Å². The van der Waals surface area contributed by atoms with E-state index in [1.165, 1.54) is 47.8 Å². The molecule has 8 heteroatoms. The molecule has 0 saturated carbocycles. The third kappa shape index (κ3) is 5.90.